The summed E-state index contributed by atoms with van der Waals surface area (Å²) in [7, 11) is 3.56. The Morgan fingerprint density at radius 3 is 2.48 bits per heavy atom. The van der Waals surface area contributed by atoms with Crippen molar-refractivity contribution in [3.8, 4) is 0 Å². The first-order chi connectivity index (χ1) is 27.2. The van der Waals surface area contributed by atoms with E-state index in [0.29, 0.717) is 47.9 Å². The Hall–Kier alpha value is -5.37. The lowest BCUT2D eigenvalue weighted by Gasteiger charge is -2.39. The number of benzene rings is 1. The Morgan fingerprint density at radius 2 is 1.73 bits per heavy atom. The van der Waals surface area contributed by atoms with Crippen molar-refractivity contribution < 1.29 is 19.2 Å². The second-order valence-electron chi connectivity index (χ2n) is 16.4. The quantitative estimate of drug-likeness (QED) is 0.223. The molecular weight excluding hydrogens is 709 g/mol. The van der Waals surface area contributed by atoms with E-state index in [0.717, 1.165) is 105 Å². The van der Waals surface area contributed by atoms with Gasteiger partial charge in [-0.3, -0.25) is 29.4 Å². The molecule has 4 amide bonds. The van der Waals surface area contributed by atoms with Crippen LogP contribution in [0.5, 0.6) is 0 Å². The van der Waals surface area contributed by atoms with Gasteiger partial charge in [-0.15, -0.1) is 0 Å². The van der Waals surface area contributed by atoms with Crippen molar-refractivity contribution in [1.82, 2.24) is 39.5 Å². The number of nitrogens with one attached hydrogen (secondary N) is 2. The van der Waals surface area contributed by atoms with Crippen LogP contribution in [0.15, 0.2) is 48.8 Å². The summed E-state index contributed by atoms with van der Waals surface area (Å²) in [6.07, 6.45) is 13.2. The van der Waals surface area contributed by atoms with Crippen molar-refractivity contribution in [3.63, 3.8) is 0 Å². The molecule has 1 saturated carbocycles. The highest BCUT2D eigenvalue weighted by Crippen LogP contribution is 2.41. The number of rotatable bonds is 9. The van der Waals surface area contributed by atoms with E-state index in [9.17, 15) is 19.2 Å². The number of amides is 4. The zero-order valence-electron chi connectivity index (χ0n) is 32.2. The van der Waals surface area contributed by atoms with Crippen LogP contribution in [0.3, 0.4) is 0 Å². The van der Waals surface area contributed by atoms with Gasteiger partial charge in [0.05, 0.1) is 0 Å². The van der Waals surface area contributed by atoms with Crippen LogP contribution in [0, 0.1) is 5.92 Å². The maximum Gasteiger partial charge on any atom is 0.270 e. The topological polar surface area (TPSA) is 149 Å². The SMILES string of the molecule is CN(C)C(=O)c1cc2cnc(Nc3ccc(CN4CCC([C@H]5CCCN5c5cccc6c5CN([C@H]5CCC(=O)NC5=O)C6=O)CC4)cn3)nc2n1C1CCCC1. The van der Waals surface area contributed by atoms with Crippen LogP contribution in [0.4, 0.5) is 17.5 Å². The van der Waals surface area contributed by atoms with Crippen LogP contribution < -0.4 is 15.5 Å². The van der Waals surface area contributed by atoms with E-state index in [2.05, 4.69) is 42.1 Å². The molecule has 1 aliphatic carbocycles. The van der Waals surface area contributed by atoms with Gasteiger partial charge in [0, 0.05) is 86.8 Å². The molecule has 0 spiro atoms. The zero-order valence-corrected chi connectivity index (χ0v) is 32.2. The summed E-state index contributed by atoms with van der Waals surface area (Å²) in [5.74, 6) is 0.897. The van der Waals surface area contributed by atoms with E-state index in [1.54, 1.807) is 30.1 Å². The van der Waals surface area contributed by atoms with Crippen LogP contribution in [0.1, 0.15) is 102 Å². The third kappa shape index (κ3) is 6.77. The highest BCUT2D eigenvalue weighted by Gasteiger charge is 2.42. The molecule has 56 heavy (non-hydrogen) atoms. The lowest BCUT2D eigenvalue weighted by Crippen LogP contribution is -2.52. The number of carbonyl (C=O) groups is 4. The van der Waals surface area contributed by atoms with Gasteiger partial charge in [0.25, 0.3) is 11.8 Å². The third-order valence-electron chi connectivity index (χ3n) is 12.7. The summed E-state index contributed by atoms with van der Waals surface area (Å²) in [6, 6.07) is 12.1. The molecule has 2 atom stereocenters. The monoisotopic (exact) mass is 758 g/mol. The molecule has 14 nitrogen and oxygen atoms in total. The maximum atomic E-state index is 13.5. The van der Waals surface area contributed by atoms with Crippen LogP contribution >= 0.6 is 0 Å². The molecule has 292 valence electrons. The molecule has 3 saturated heterocycles. The summed E-state index contributed by atoms with van der Waals surface area (Å²) in [4.78, 5) is 73.5. The molecule has 3 aromatic heterocycles. The number of carbonyl (C=O) groups excluding carboxylic acids is 4. The highest BCUT2D eigenvalue weighted by atomic mass is 16.2. The Labute approximate surface area is 326 Å². The van der Waals surface area contributed by atoms with Crippen molar-refractivity contribution in [3.05, 3.63) is 71.2 Å². The molecule has 0 bridgehead atoms. The number of pyridine rings is 1. The Morgan fingerprint density at radius 1 is 0.911 bits per heavy atom. The molecule has 0 radical (unpaired) electrons. The molecule has 9 rings (SSSR count). The fourth-order valence-electron chi connectivity index (χ4n) is 9.87. The largest absolute Gasteiger partial charge is 0.368 e. The standard InChI is InChI=1S/C42H50N10O4/c1-48(2)41(56)35-21-28-23-44-42(47-38(28)52(35)29-7-3-4-8-29)45-36-14-12-26(22-43-36)24-49-19-16-27(17-20-49)32-11-6-18-50(32)33-10-5-9-30-31(33)25-51(40(30)55)34-13-15-37(53)46-39(34)54/h5,9-10,12,14,21-23,27,29,32,34H,3-4,6-8,11,13,15-20,24-25H2,1-2H3,(H,46,53,54)(H,43,44,45,47)/t32-,34+/m1/s1. The average molecular weight is 759 g/mol. The van der Waals surface area contributed by atoms with E-state index in [-0.39, 0.29) is 36.1 Å². The van der Waals surface area contributed by atoms with Crippen LogP contribution in [-0.2, 0) is 22.7 Å². The van der Waals surface area contributed by atoms with Crippen molar-refractivity contribution in [2.45, 2.75) is 95.4 Å². The first kappa shape index (κ1) is 36.3. The van der Waals surface area contributed by atoms with Gasteiger partial charge < -0.3 is 24.6 Å². The lowest BCUT2D eigenvalue weighted by atomic mass is 9.87. The van der Waals surface area contributed by atoms with Crippen LogP contribution in [0.25, 0.3) is 11.0 Å². The molecule has 2 N–H and O–H groups in total. The van der Waals surface area contributed by atoms with Gasteiger partial charge in [-0.1, -0.05) is 25.0 Å². The molecule has 7 heterocycles. The number of fused-ring (bicyclic) bond motifs is 2. The zero-order chi connectivity index (χ0) is 38.5. The van der Waals surface area contributed by atoms with Gasteiger partial charge >= 0.3 is 0 Å². The molecule has 4 aromatic rings. The minimum atomic E-state index is -0.610. The lowest BCUT2D eigenvalue weighted by molar-refractivity contribution is -0.136. The molecule has 4 aliphatic heterocycles. The Balaban J connectivity index is 0.821. The van der Waals surface area contributed by atoms with Gasteiger partial charge in [-0.2, -0.15) is 4.98 Å². The summed E-state index contributed by atoms with van der Waals surface area (Å²) >= 11 is 0. The summed E-state index contributed by atoms with van der Waals surface area (Å²) in [5.41, 5.74) is 5.39. The first-order valence-electron chi connectivity index (χ1n) is 20.3. The van der Waals surface area contributed by atoms with Gasteiger partial charge in [0.1, 0.15) is 23.2 Å². The molecule has 14 heteroatoms. The highest BCUT2D eigenvalue weighted by molar-refractivity contribution is 6.06. The van der Waals surface area contributed by atoms with E-state index >= 15 is 0 Å². The minimum Gasteiger partial charge on any atom is -0.368 e. The number of nitrogens with zero attached hydrogens (tertiary/aromatic N) is 8. The molecule has 5 aliphatic rings. The number of aromatic nitrogens is 4. The second kappa shape index (κ2) is 14.9. The van der Waals surface area contributed by atoms with E-state index in [1.807, 2.05) is 30.5 Å². The molecular formula is C42H50N10O4. The predicted octanol–water partition coefficient (Wildman–Crippen LogP) is 5.03. The molecule has 1 aromatic carbocycles. The summed E-state index contributed by atoms with van der Waals surface area (Å²) in [5, 5.41) is 6.57. The summed E-state index contributed by atoms with van der Waals surface area (Å²) < 4.78 is 2.12. The molecule has 4 fully saturated rings. The number of piperidine rings is 2. The van der Waals surface area contributed by atoms with Gasteiger partial charge in [0.2, 0.25) is 17.8 Å². The van der Waals surface area contributed by atoms with Crippen molar-refractivity contribution in [2.75, 3.05) is 43.9 Å². The third-order valence-corrected chi connectivity index (χ3v) is 12.7. The maximum absolute atomic E-state index is 13.5. The Kier molecular flexibility index (Phi) is 9.68. The van der Waals surface area contributed by atoms with E-state index < -0.39 is 6.04 Å². The van der Waals surface area contributed by atoms with Crippen LogP contribution in [0.2, 0.25) is 0 Å². The second-order valence-corrected chi connectivity index (χ2v) is 16.4. The summed E-state index contributed by atoms with van der Waals surface area (Å²) in [6.45, 7) is 4.22. The smallest absolute Gasteiger partial charge is 0.270 e. The van der Waals surface area contributed by atoms with Gasteiger partial charge in [-0.05, 0) is 93.8 Å². The minimum absolute atomic E-state index is 0.0261. The van der Waals surface area contributed by atoms with Crippen molar-refractivity contribution in [2.24, 2.45) is 5.92 Å². The number of imide groups is 1. The van der Waals surface area contributed by atoms with Crippen molar-refractivity contribution >= 4 is 52.1 Å². The molecule has 0 unspecified atom stereocenters. The van der Waals surface area contributed by atoms with E-state index in [1.165, 1.54) is 0 Å². The fourth-order valence-corrected chi connectivity index (χ4v) is 9.87. The van der Waals surface area contributed by atoms with Crippen molar-refractivity contribution in [1.29, 1.82) is 0 Å². The number of likely N-dealkylation sites (tertiary alicyclic amines) is 1. The van der Waals surface area contributed by atoms with Gasteiger partial charge in [0.15, 0.2) is 0 Å². The number of hydrogen-bond acceptors (Lipinski definition) is 10. The first-order valence-corrected chi connectivity index (χ1v) is 20.3. The average Bonchev–Trinajstić information content (AvgIpc) is 4.02. The Bertz CT molecular complexity index is 2170. The van der Waals surface area contributed by atoms with Crippen LogP contribution in [-0.4, -0.2) is 104 Å². The predicted molar refractivity (Wildman–Crippen MR) is 211 cm³/mol. The number of anilines is 3. The number of hydrogen-bond donors (Lipinski definition) is 2. The van der Waals surface area contributed by atoms with E-state index in [4.69, 9.17) is 9.97 Å². The fraction of sp³-hybridized carbons (Fsp3) is 0.500. The van der Waals surface area contributed by atoms with Gasteiger partial charge in [-0.25, -0.2) is 9.97 Å². The normalized spacial score (nSPS) is 22.3.